The third-order valence-corrected chi connectivity index (χ3v) is 9.31. The maximum absolute atomic E-state index is 13.8. The van der Waals surface area contributed by atoms with Crippen LogP contribution in [-0.4, -0.2) is 45.9 Å². The van der Waals surface area contributed by atoms with Gasteiger partial charge in [0, 0.05) is 42.2 Å². The van der Waals surface area contributed by atoms with E-state index < -0.39 is 11.9 Å². The van der Waals surface area contributed by atoms with Crippen LogP contribution < -0.4 is 9.80 Å². The van der Waals surface area contributed by atoms with Crippen LogP contribution in [0.2, 0.25) is 0 Å². The second-order valence-electron chi connectivity index (χ2n) is 10.8. The molecule has 0 spiro atoms. The van der Waals surface area contributed by atoms with E-state index in [1.54, 1.807) is 16.0 Å². The molecule has 0 unspecified atom stereocenters. The molecule has 3 aromatic rings. The van der Waals surface area contributed by atoms with Gasteiger partial charge >= 0.3 is 5.97 Å². The summed E-state index contributed by atoms with van der Waals surface area (Å²) in [7, 11) is 0. The van der Waals surface area contributed by atoms with Crippen LogP contribution in [0.4, 0.5) is 10.9 Å². The van der Waals surface area contributed by atoms with E-state index in [-0.39, 0.29) is 24.2 Å². The third-order valence-electron chi connectivity index (χ3n) is 8.45. The molecule has 206 valence electrons. The number of aliphatic carboxylic acids is 1. The Hall–Kier alpha value is -3.85. The normalized spacial score (nSPS) is 21.8. The lowest BCUT2D eigenvalue weighted by atomic mass is 9.67. The molecule has 3 aliphatic rings. The van der Waals surface area contributed by atoms with Crippen molar-refractivity contribution in [3.63, 3.8) is 0 Å². The summed E-state index contributed by atoms with van der Waals surface area (Å²) in [4.78, 5) is 50.6. The zero-order valence-electron chi connectivity index (χ0n) is 22.2. The summed E-state index contributed by atoms with van der Waals surface area (Å²) in [6, 6.07) is 11.8. The Balaban J connectivity index is 1.28. The average Bonchev–Trinajstić information content (AvgIpc) is 3.58. The van der Waals surface area contributed by atoms with Crippen LogP contribution >= 0.6 is 11.3 Å². The SMILES string of the molecule is O=C(O)C[C@@H]1C(=O)N(c2nc(-c3ccccc3-c3ccc(N4CCCC4=O)nc3)cs2)CC=CC[C@@H]1C1CCC1. The molecular weight excluding hydrogens is 524 g/mol. The Morgan fingerprint density at radius 2 is 1.85 bits per heavy atom. The number of hydrogen-bond donors (Lipinski definition) is 1. The molecule has 40 heavy (non-hydrogen) atoms. The number of hydrogen-bond acceptors (Lipinski definition) is 6. The smallest absolute Gasteiger partial charge is 0.304 e. The molecule has 1 aromatic carbocycles. The lowest BCUT2D eigenvalue weighted by molar-refractivity contribution is -0.142. The first-order chi connectivity index (χ1) is 19.5. The number of pyridine rings is 1. The fourth-order valence-electron chi connectivity index (χ4n) is 6.12. The molecule has 2 atom stereocenters. The van der Waals surface area contributed by atoms with Crippen LogP contribution in [0.1, 0.15) is 44.9 Å². The van der Waals surface area contributed by atoms with Gasteiger partial charge in [0.15, 0.2) is 5.13 Å². The number of carboxylic acids is 1. The molecule has 2 amide bonds. The number of anilines is 2. The largest absolute Gasteiger partial charge is 0.481 e. The van der Waals surface area contributed by atoms with Crippen molar-refractivity contribution in [1.29, 1.82) is 0 Å². The van der Waals surface area contributed by atoms with E-state index in [0.29, 0.717) is 36.4 Å². The zero-order chi connectivity index (χ0) is 27.6. The highest BCUT2D eigenvalue weighted by Crippen LogP contribution is 2.43. The van der Waals surface area contributed by atoms with Crippen molar-refractivity contribution >= 4 is 40.1 Å². The Bertz CT molecular complexity index is 1450. The highest BCUT2D eigenvalue weighted by Gasteiger charge is 2.40. The summed E-state index contributed by atoms with van der Waals surface area (Å²) < 4.78 is 0. The van der Waals surface area contributed by atoms with Gasteiger partial charge in [0.1, 0.15) is 5.82 Å². The summed E-state index contributed by atoms with van der Waals surface area (Å²) in [5, 5.41) is 12.2. The van der Waals surface area contributed by atoms with Crippen molar-refractivity contribution in [3.8, 4) is 22.4 Å². The van der Waals surface area contributed by atoms with Crippen molar-refractivity contribution in [1.82, 2.24) is 9.97 Å². The molecule has 1 saturated heterocycles. The number of carboxylic acid groups (broad SMARTS) is 1. The quantitative estimate of drug-likeness (QED) is 0.369. The predicted octanol–water partition coefficient (Wildman–Crippen LogP) is 5.80. The summed E-state index contributed by atoms with van der Waals surface area (Å²) in [6.45, 7) is 1.07. The molecule has 1 aliphatic carbocycles. The van der Waals surface area contributed by atoms with E-state index in [1.807, 2.05) is 47.9 Å². The van der Waals surface area contributed by atoms with Crippen molar-refractivity contribution in [2.75, 3.05) is 22.9 Å². The summed E-state index contributed by atoms with van der Waals surface area (Å²) >= 11 is 1.40. The average molecular weight is 557 g/mol. The van der Waals surface area contributed by atoms with Crippen molar-refractivity contribution < 1.29 is 19.5 Å². The Kier molecular flexibility index (Phi) is 7.47. The predicted molar refractivity (Wildman–Crippen MR) is 155 cm³/mol. The first kappa shape index (κ1) is 26.4. The number of allylic oxidation sites excluding steroid dienone is 1. The summed E-state index contributed by atoms with van der Waals surface area (Å²) in [5.74, 6) is -0.417. The van der Waals surface area contributed by atoms with Crippen LogP contribution in [0.3, 0.4) is 0 Å². The third kappa shape index (κ3) is 5.18. The standard InChI is InChI=1S/C31H32N4O4S/c36-28-12-6-16-34(28)27-14-13-21(18-32-27)23-9-1-2-11-24(23)26-19-40-31(33-26)35-15-4-3-10-22(20-7-5-8-20)25(30(35)39)17-29(37)38/h1-4,9,11,13-14,18-20,22,25H,5-8,10,12,15-17H2,(H,37,38)/t22-,25+/m1/s1. The number of aromatic nitrogens is 2. The molecule has 1 N–H and O–H groups in total. The second kappa shape index (κ2) is 11.3. The van der Waals surface area contributed by atoms with Gasteiger partial charge in [0.2, 0.25) is 11.8 Å². The zero-order valence-corrected chi connectivity index (χ0v) is 23.1. The molecular formula is C31H32N4O4S. The van der Waals surface area contributed by atoms with E-state index in [9.17, 15) is 19.5 Å². The van der Waals surface area contributed by atoms with Gasteiger partial charge in [-0.2, -0.15) is 0 Å². The number of rotatable bonds is 7. The molecule has 4 heterocycles. The number of benzene rings is 1. The number of amides is 2. The summed E-state index contributed by atoms with van der Waals surface area (Å²) in [6.07, 6.45) is 11.2. The van der Waals surface area contributed by atoms with Crippen molar-refractivity contribution in [2.45, 2.75) is 44.9 Å². The maximum Gasteiger partial charge on any atom is 0.304 e. The van der Waals surface area contributed by atoms with E-state index in [2.05, 4.69) is 11.1 Å². The molecule has 2 fully saturated rings. The van der Waals surface area contributed by atoms with E-state index >= 15 is 0 Å². The Morgan fingerprint density at radius 1 is 1.02 bits per heavy atom. The van der Waals surface area contributed by atoms with Gasteiger partial charge < -0.3 is 5.11 Å². The lowest BCUT2D eigenvalue weighted by Crippen LogP contribution is -2.44. The van der Waals surface area contributed by atoms with Gasteiger partial charge in [0.25, 0.3) is 0 Å². The maximum atomic E-state index is 13.8. The van der Waals surface area contributed by atoms with Gasteiger partial charge in [0.05, 0.1) is 18.0 Å². The monoisotopic (exact) mass is 556 g/mol. The van der Waals surface area contributed by atoms with Gasteiger partial charge in [-0.1, -0.05) is 55.7 Å². The fraction of sp³-hybridized carbons (Fsp3) is 0.387. The molecule has 6 rings (SSSR count). The van der Waals surface area contributed by atoms with Gasteiger partial charge in [-0.15, -0.1) is 11.3 Å². The Labute approximate surface area is 237 Å². The minimum atomic E-state index is -0.936. The molecule has 1 saturated carbocycles. The molecule has 8 nitrogen and oxygen atoms in total. The fourth-order valence-corrected chi connectivity index (χ4v) is 6.96. The van der Waals surface area contributed by atoms with Crippen LogP contribution in [0, 0.1) is 17.8 Å². The van der Waals surface area contributed by atoms with Gasteiger partial charge in [-0.3, -0.25) is 24.2 Å². The molecule has 0 bridgehead atoms. The van der Waals surface area contributed by atoms with E-state index in [1.165, 1.54) is 11.3 Å². The topological polar surface area (TPSA) is 104 Å². The molecule has 0 radical (unpaired) electrons. The van der Waals surface area contributed by atoms with Crippen LogP contribution in [-0.2, 0) is 14.4 Å². The number of carbonyl (C=O) groups is 3. The van der Waals surface area contributed by atoms with Crippen molar-refractivity contribution in [2.24, 2.45) is 17.8 Å². The van der Waals surface area contributed by atoms with Gasteiger partial charge in [-0.25, -0.2) is 9.97 Å². The van der Waals surface area contributed by atoms with Crippen LogP contribution in [0.25, 0.3) is 22.4 Å². The first-order valence-corrected chi connectivity index (χ1v) is 14.9. The molecule has 2 aromatic heterocycles. The highest BCUT2D eigenvalue weighted by molar-refractivity contribution is 7.14. The number of nitrogens with zero attached hydrogens (tertiary/aromatic N) is 4. The minimum Gasteiger partial charge on any atom is -0.481 e. The van der Waals surface area contributed by atoms with Crippen LogP contribution in [0.5, 0.6) is 0 Å². The summed E-state index contributed by atoms with van der Waals surface area (Å²) in [5.41, 5.74) is 3.54. The molecule has 2 aliphatic heterocycles. The van der Waals surface area contributed by atoms with Crippen LogP contribution in [0.15, 0.2) is 60.1 Å². The van der Waals surface area contributed by atoms with Crippen molar-refractivity contribution in [3.05, 3.63) is 60.1 Å². The van der Waals surface area contributed by atoms with Gasteiger partial charge in [-0.05, 0) is 42.4 Å². The Morgan fingerprint density at radius 3 is 2.52 bits per heavy atom. The number of carbonyl (C=O) groups excluding carboxylic acids is 2. The van der Waals surface area contributed by atoms with E-state index in [0.717, 1.165) is 54.5 Å². The lowest BCUT2D eigenvalue weighted by Gasteiger charge is -2.39. The first-order valence-electron chi connectivity index (χ1n) is 14.0. The second-order valence-corrected chi connectivity index (χ2v) is 11.7. The number of thiazole rings is 1. The molecule has 9 heteroatoms. The van der Waals surface area contributed by atoms with E-state index in [4.69, 9.17) is 4.98 Å². The minimum absolute atomic E-state index is 0.0443. The highest BCUT2D eigenvalue weighted by atomic mass is 32.1.